The molecule has 2 aliphatic rings. The zero-order valence-corrected chi connectivity index (χ0v) is 18.2. The highest BCUT2D eigenvalue weighted by atomic mass is 32.1. The number of nitrogens with zero attached hydrogens (tertiary/aromatic N) is 3. The van der Waals surface area contributed by atoms with E-state index in [0.717, 1.165) is 74.3 Å². The second-order valence-corrected chi connectivity index (χ2v) is 9.45. The van der Waals surface area contributed by atoms with Gasteiger partial charge in [-0.1, -0.05) is 6.07 Å². The molecule has 3 aromatic rings. The molecule has 0 amide bonds. The molecule has 2 fully saturated rings. The lowest BCUT2D eigenvalue weighted by atomic mass is 9.97. The number of fused-ring (bicyclic) bond motifs is 1. The Labute approximate surface area is 178 Å². The SMILES string of the molecule is Cc1nc(NC[C@H]([C@@H]2CCOC2)N2CCOCC2)c2c(-c3cccs3)csc2n1. The van der Waals surface area contributed by atoms with Crippen LogP contribution in [0.15, 0.2) is 22.9 Å². The van der Waals surface area contributed by atoms with Gasteiger partial charge in [0, 0.05) is 54.0 Å². The van der Waals surface area contributed by atoms with Crippen molar-refractivity contribution in [2.24, 2.45) is 5.92 Å². The van der Waals surface area contributed by atoms with Crippen molar-refractivity contribution in [3.8, 4) is 10.4 Å². The molecule has 2 saturated heterocycles. The zero-order valence-electron chi connectivity index (χ0n) is 16.6. The molecule has 3 aromatic heterocycles. The molecule has 5 heterocycles. The average molecular weight is 431 g/mol. The van der Waals surface area contributed by atoms with Crippen molar-refractivity contribution >= 4 is 38.7 Å². The molecule has 0 saturated carbocycles. The van der Waals surface area contributed by atoms with E-state index in [4.69, 9.17) is 14.5 Å². The number of nitrogens with one attached hydrogen (secondary N) is 1. The summed E-state index contributed by atoms with van der Waals surface area (Å²) in [6.07, 6.45) is 1.13. The summed E-state index contributed by atoms with van der Waals surface area (Å²) < 4.78 is 11.3. The number of hydrogen-bond acceptors (Lipinski definition) is 8. The first-order chi connectivity index (χ1) is 14.3. The van der Waals surface area contributed by atoms with Crippen molar-refractivity contribution in [3.05, 3.63) is 28.7 Å². The van der Waals surface area contributed by atoms with Gasteiger partial charge < -0.3 is 14.8 Å². The van der Waals surface area contributed by atoms with Crippen LogP contribution in [-0.2, 0) is 9.47 Å². The number of anilines is 1. The third kappa shape index (κ3) is 4.04. The lowest BCUT2D eigenvalue weighted by Gasteiger charge is -2.37. The van der Waals surface area contributed by atoms with E-state index in [0.29, 0.717) is 12.0 Å². The number of aryl methyl sites for hydroxylation is 1. The van der Waals surface area contributed by atoms with Crippen molar-refractivity contribution in [3.63, 3.8) is 0 Å². The molecule has 5 rings (SSSR count). The van der Waals surface area contributed by atoms with Gasteiger partial charge >= 0.3 is 0 Å². The molecular weight excluding hydrogens is 404 g/mol. The van der Waals surface area contributed by atoms with Crippen LogP contribution in [-0.4, -0.2) is 67.0 Å². The zero-order chi connectivity index (χ0) is 19.6. The molecule has 0 radical (unpaired) electrons. The van der Waals surface area contributed by atoms with E-state index in [1.54, 1.807) is 22.7 Å². The maximum Gasteiger partial charge on any atom is 0.139 e. The summed E-state index contributed by atoms with van der Waals surface area (Å²) in [5.41, 5.74) is 1.23. The summed E-state index contributed by atoms with van der Waals surface area (Å²) in [6.45, 7) is 8.15. The summed E-state index contributed by atoms with van der Waals surface area (Å²) in [5.74, 6) is 2.32. The van der Waals surface area contributed by atoms with E-state index >= 15 is 0 Å². The minimum Gasteiger partial charge on any atom is -0.381 e. The number of hydrogen-bond donors (Lipinski definition) is 1. The summed E-state index contributed by atoms with van der Waals surface area (Å²) in [6, 6.07) is 4.69. The Hall–Kier alpha value is -1.58. The van der Waals surface area contributed by atoms with Gasteiger partial charge in [0.2, 0.25) is 0 Å². The fourth-order valence-electron chi connectivity index (χ4n) is 4.35. The molecule has 0 aliphatic carbocycles. The molecule has 0 aromatic carbocycles. The van der Waals surface area contributed by atoms with Gasteiger partial charge in [-0.15, -0.1) is 22.7 Å². The monoisotopic (exact) mass is 430 g/mol. The maximum atomic E-state index is 5.72. The van der Waals surface area contributed by atoms with Gasteiger partial charge in [-0.25, -0.2) is 9.97 Å². The van der Waals surface area contributed by atoms with Gasteiger partial charge in [-0.3, -0.25) is 4.90 Å². The van der Waals surface area contributed by atoms with E-state index in [2.05, 4.69) is 38.1 Å². The van der Waals surface area contributed by atoms with Gasteiger partial charge in [-0.2, -0.15) is 0 Å². The fourth-order valence-corrected chi connectivity index (χ4v) is 6.16. The van der Waals surface area contributed by atoms with Crippen LogP contribution in [0.25, 0.3) is 20.7 Å². The van der Waals surface area contributed by atoms with Gasteiger partial charge in [0.05, 0.1) is 25.2 Å². The van der Waals surface area contributed by atoms with Crippen LogP contribution in [0.5, 0.6) is 0 Å². The predicted molar refractivity (Wildman–Crippen MR) is 119 cm³/mol. The van der Waals surface area contributed by atoms with Crippen LogP contribution < -0.4 is 5.32 Å². The van der Waals surface area contributed by atoms with Crippen LogP contribution in [0.3, 0.4) is 0 Å². The van der Waals surface area contributed by atoms with Gasteiger partial charge in [-0.05, 0) is 24.8 Å². The number of rotatable bonds is 6. The smallest absolute Gasteiger partial charge is 0.139 e. The quantitative estimate of drug-likeness (QED) is 0.641. The van der Waals surface area contributed by atoms with Crippen LogP contribution in [0.2, 0.25) is 0 Å². The lowest BCUT2D eigenvalue weighted by Crippen LogP contribution is -2.50. The van der Waals surface area contributed by atoms with E-state index < -0.39 is 0 Å². The van der Waals surface area contributed by atoms with Crippen molar-refractivity contribution in [1.82, 2.24) is 14.9 Å². The molecule has 1 N–H and O–H groups in total. The third-order valence-electron chi connectivity index (χ3n) is 5.83. The topological polar surface area (TPSA) is 59.5 Å². The second-order valence-electron chi connectivity index (χ2n) is 7.65. The molecule has 6 nitrogen and oxygen atoms in total. The molecule has 0 spiro atoms. The first kappa shape index (κ1) is 19.4. The second kappa shape index (κ2) is 8.65. The Balaban J connectivity index is 1.44. The predicted octanol–water partition coefficient (Wildman–Crippen LogP) is 3.88. The summed E-state index contributed by atoms with van der Waals surface area (Å²) in [5, 5.41) is 9.19. The summed E-state index contributed by atoms with van der Waals surface area (Å²) >= 11 is 3.46. The minimum atomic E-state index is 0.426. The number of thiophene rings is 2. The summed E-state index contributed by atoms with van der Waals surface area (Å²) in [4.78, 5) is 14.4. The Morgan fingerprint density at radius 1 is 1.21 bits per heavy atom. The Morgan fingerprint density at radius 3 is 2.86 bits per heavy atom. The lowest BCUT2D eigenvalue weighted by molar-refractivity contribution is 0.00460. The van der Waals surface area contributed by atoms with Gasteiger partial charge in [0.1, 0.15) is 16.5 Å². The van der Waals surface area contributed by atoms with Crippen LogP contribution in [0, 0.1) is 12.8 Å². The number of morpholine rings is 1. The first-order valence-electron chi connectivity index (χ1n) is 10.2. The highest BCUT2D eigenvalue weighted by Gasteiger charge is 2.31. The van der Waals surface area contributed by atoms with E-state index in [9.17, 15) is 0 Å². The molecular formula is C21H26N4O2S2. The average Bonchev–Trinajstić information content (AvgIpc) is 3.50. The molecule has 0 bridgehead atoms. The molecule has 8 heteroatoms. The largest absolute Gasteiger partial charge is 0.381 e. The Bertz CT molecular complexity index is 947. The first-order valence-corrected chi connectivity index (χ1v) is 12.0. The Morgan fingerprint density at radius 2 is 2.10 bits per heavy atom. The van der Waals surface area contributed by atoms with Crippen molar-refractivity contribution in [2.45, 2.75) is 19.4 Å². The van der Waals surface area contributed by atoms with Gasteiger partial charge in [0.15, 0.2) is 0 Å². The van der Waals surface area contributed by atoms with E-state index in [1.807, 2.05) is 6.92 Å². The van der Waals surface area contributed by atoms with Crippen molar-refractivity contribution in [2.75, 3.05) is 51.4 Å². The Kier molecular flexibility index (Phi) is 5.78. The van der Waals surface area contributed by atoms with Crippen molar-refractivity contribution in [1.29, 1.82) is 0 Å². The molecule has 2 atom stereocenters. The van der Waals surface area contributed by atoms with Crippen LogP contribution >= 0.6 is 22.7 Å². The molecule has 154 valence electrons. The highest BCUT2D eigenvalue weighted by molar-refractivity contribution is 7.18. The van der Waals surface area contributed by atoms with Gasteiger partial charge in [0.25, 0.3) is 0 Å². The highest BCUT2D eigenvalue weighted by Crippen LogP contribution is 2.39. The number of ether oxygens (including phenoxy) is 2. The van der Waals surface area contributed by atoms with Crippen molar-refractivity contribution < 1.29 is 9.47 Å². The number of aromatic nitrogens is 2. The van der Waals surface area contributed by atoms with E-state index in [-0.39, 0.29) is 0 Å². The molecule has 29 heavy (non-hydrogen) atoms. The molecule has 0 unspecified atom stereocenters. The summed E-state index contributed by atoms with van der Waals surface area (Å²) in [7, 11) is 0. The molecule has 2 aliphatic heterocycles. The standard InChI is InChI=1S/C21H26N4O2S2/c1-14-23-20(19-16(13-29-21(19)24-14)18-3-2-10-28-18)22-11-17(15-4-7-27-12-15)25-5-8-26-9-6-25/h2-3,10,13,15,17H,4-9,11-12H2,1H3,(H,22,23,24)/t15-,17-/m1/s1. The van der Waals surface area contributed by atoms with E-state index in [1.165, 1.54) is 10.4 Å². The minimum absolute atomic E-state index is 0.426. The fraction of sp³-hybridized carbons (Fsp3) is 0.524. The normalized spacial score (nSPS) is 21.6. The van der Waals surface area contributed by atoms with Crippen LogP contribution in [0.4, 0.5) is 5.82 Å². The third-order valence-corrected chi connectivity index (χ3v) is 7.61. The van der Waals surface area contributed by atoms with Crippen LogP contribution in [0.1, 0.15) is 12.2 Å². The maximum absolute atomic E-state index is 5.72.